The Hall–Kier alpha value is -2.00. The fourth-order valence-electron chi connectivity index (χ4n) is 3.26. The number of amides is 3. The van der Waals surface area contributed by atoms with Crippen molar-refractivity contribution in [2.45, 2.75) is 19.0 Å². The normalized spacial score (nSPS) is 16.0. The van der Waals surface area contributed by atoms with Gasteiger partial charge in [-0.2, -0.15) is 11.8 Å². The number of primary amides is 1. The highest BCUT2D eigenvalue weighted by Crippen LogP contribution is 2.18. The molecule has 0 bridgehead atoms. The lowest BCUT2D eigenvalue weighted by Gasteiger charge is -2.34. The molecule has 1 fully saturated rings. The van der Waals surface area contributed by atoms with E-state index >= 15 is 0 Å². The van der Waals surface area contributed by atoms with Gasteiger partial charge in [-0.3, -0.25) is 4.79 Å². The first-order valence-electron chi connectivity index (χ1n) is 8.94. The number of quaternary nitrogens is 1. The van der Waals surface area contributed by atoms with Crippen molar-refractivity contribution in [2.24, 2.45) is 5.73 Å². The molecule has 0 aromatic heterocycles. The second kappa shape index (κ2) is 10.4. The minimum atomic E-state index is -0.683. The number of carbonyl (C=O) groups is 2. The number of thioether (sulfide) groups is 1. The Morgan fingerprint density at radius 3 is 2.70 bits per heavy atom. The van der Waals surface area contributed by atoms with E-state index in [1.165, 1.54) is 17.0 Å². The van der Waals surface area contributed by atoms with Crippen LogP contribution in [0.25, 0.3) is 0 Å². The van der Waals surface area contributed by atoms with Crippen LogP contribution in [0.2, 0.25) is 0 Å². The molecule has 0 spiro atoms. The molecule has 1 aliphatic rings. The molecule has 27 heavy (non-hydrogen) atoms. The van der Waals surface area contributed by atoms with Gasteiger partial charge in [0.25, 0.3) is 0 Å². The van der Waals surface area contributed by atoms with Crippen molar-refractivity contribution in [3.8, 4) is 5.75 Å². The lowest BCUT2D eigenvalue weighted by atomic mass is 10.1. The maximum atomic E-state index is 13.5. The number of methoxy groups -OCH3 is 1. The van der Waals surface area contributed by atoms with Crippen LogP contribution < -0.4 is 20.7 Å². The Balaban J connectivity index is 1.92. The standard InChI is InChI=1S/C18H27FN4O3S/c1-26-16-4-3-14(19)11-13(16)12-22-6-8-23(9-7-22)17(24)15(5-10-27-2)21-18(20)25/h3-4,11,15H,5-10,12H2,1-2H3,(H3,20,21,25)/p+1/t15-/m1/s1. The molecular weight excluding hydrogens is 371 g/mol. The molecule has 0 saturated carbocycles. The number of nitrogens with two attached hydrogens (primary N) is 1. The monoisotopic (exact) mass is 399 g/mol. The van der Waals surface area contributed by atoms with Crippen LogP contribution in [0.4, 0.5) is 9.18 Å². The van der Waals surface area contributed by atoms with E-state index in [0.29, 0.717) is 31.8 Å². The van der Waals surface area contributed by atoms with E-state index in [2.05, 4.69) is 5.32 Å². The number of nitrogens with zero attached hydrogens (tertiary/aromatic N) is 1. The largest absolute Gasteiger partial charge is 0.496 e. The number of benzene rings is 1. The van der Waals surface area contributed by atoms with E-state index in [1.807, 2.05) is 6.26 Å². The summed E-state index contributed by atoms with van der Waals surface area (Å²) in [5.74, 6) is 1.06. The van der Waals surface area contributed by atoms with Crippen molar-refractivity contribution in [2.75, 3.05) is 45.3 Å². The lowest BCUT2D eigenvalue weighted by Crippen LogP contribution is -3.13. The zero-order valence-electron chi connectivity index (χ0n) is 15.8. The lowest BCUT2D eigenvalue weighted by molar-refractivity contribution is -0.917. The quantitative estimate of drug-likeness (QED) is 0.567. The molecule has 1 saturated heterocycles. The first-order chi connectivity index (χ1) is 12.9. The molecule has 0 aliphatic carbocycles. The average Bonchev–Trinajstić information content (AvgIpc) is 2.65. The summed E-state index contributed by atoms with van der Waals surface area (Å²) < 4.78 is 18.8. The van der Waals surface area contributed by atoms with Crippen molar-refractivity contribution in [3.05, 3.63) is 29.6 Å². The van der Waals surface area contributed by atoms with Gasteiger partial charge in [0.15, 0.2) is 0 Å². The number of carbonyl (C=O) groups excluding carboxylic acids is 2. The molecular formula is C18H28FN4O3S+. The van der Waals surface area contributed by atoms with Crippen LogP contribution in [0.5, 0.6) is 5.75 Å². The smallest absolute Gasteiger partial charge is 0.312 e. The summed E-state index contributed by atoms with van der Waals surface area (Å²) in [4.78, 5) is 26.9. The molecule has 7 nitrogen and oxygen atoms in total. The fourth-order valence-corrected chi connectivity index (χ4v) is 3.73. The van der Waals surface area contributed by atoms with Crippen LogP contribution in [0.3, 0.4) is 0 Å². The highest BCUT2D eigenvalue weighted by Gasteiger charge is 2.29. The number of ether oxygens (including phenoxy) is 1. The molecule has 0 radical (unpaired) electrons. The third-order valence-corrected chi connectivity index (χ3v) is 5.33. The van der Waals surface area contributed by atoms with Gasteiger partial charge in [0.1, 0.15) is 24.2 Å². The van der Waals surface area contributed by atoms with Crippen LogP contribution in [-0.2, 0) is 11.3 Å². The van der Waals surface area contributed by atoms with Crippen LogP contribution in [0, 0.1) is 5.82 Å². The Morgan fingerprint density at radius 2 is 2.11 bits per heavy atom. The highest BCUT2D eigenvalue weighted by atomic mass is 32.2. The fraction of sp³-hybridized carbons (Fsp3) is 0.556. The maximum Gasteiger partial charge on any atom is 0.312 e. The molecule has 1 aromatic carbocycles. The van der Waals surface area contributed by atoms with Gasteiger partial charge in [0.2, 0.25) is 5.91 Å². The topological polar surface area (TPSA) is 89.1 Å². The molecule has 1 heterocycles. The first kappa shape index (κ1) is 21.3. The van der Waals surface area contributed by atoms with E-state index in [4.69, 9.17) is 10.5 Å². The average molecular weight is 400 g/mol. The number of rotatable bonds is 8. The van der Waals surface area contributed by atoms with E-state index in [1.54, 1.807) is 29.8 Å². The van der Waals surface area contributed by atoms with Gasteiger partial charge in [-0.25, -0.2) is 9.18 Å². The van der Waals surface area contributed by atoms with Gasteiger partial charge >= 0.3 is 6.03 Å². The summed E-state index contributed by atoms with van der Waals surface area (Å²) in [6, 6.07) is 3.25. The molecule has 1 aromatic rings. The first-order valence-corrected chi connectivity index (χ1v) is 10.3. The molecule has 4 N–H and O–H groups in total. The summed E-state index contributed by atoms with van der Waals surface area (Å²) in [5.41, 5.74) is 6.03. The Morgan fingerprint density at radius 1 is 1.41 bits per heavy atom. The van der Waals surface area contributed by atoms with Crippen molar-refractivity contribution >= 4 is 23.7 Å². The van der Waals surface area contributed by atoms with Crippen LogP contribution in [0.15, 0.2) is 18.2 Å². The third-order valence-electron chi connectivity index (χ3n) is 4.69. The summed E-state index contributed by atoms with van der Waals surface area (Å²) in [6.45, 7) is 3.30. The maximum absolute atomic E-state index is 13.5. The van der Waals surface area contributed by atoms with Crippen molar-refractivity contribution in [1.82, 2.24) is 10.2 Å². The number of urea groups is 1. The van der Waals surface area contributed by atoms with Gasteiger partial charge in [-0.05, 0) is 36.6 Å². The van der Waals surface area contributed by atoms with Crippen molar-refractivity contribution in [3.63, 3.8) is 0 Å². The van der Waals surface area contributed by atoms with Gasteiger partial charge < -0.3 is 25.6 Å². The van der Waals surface area contributed by atoms with Crippen molar-refractivity contribution in [1.29, 1.82) is 0 Å². The number of nitrogens with one attached hydrogen (secondary N) is 2. The van der Waals surface area contributed by atoms with Gasteiger partial charge in [0.05, 0.1) is 38.9 Å². The number of hydrogen-bond donors (Lipinski definition) is 3. The predicted octanol–water partition coefficient (Wildman–Crippen LogP) is -0.149. The molecule has 150 valence electrons. The summed E-state index contributed by atoms with van der Waals surface area (Å²) >= 11 is 1.62. The summed E-state index contributed by atoms with van der Waals surface area (Å²) in [5, 5.41) is 2.55. The number of halogens is 1. The van der Waals surface area contributed by atoms with E-state index in [0.717, 1.165) is 24.4 Å². The van der Waals surface area contributed by atoms with E-state index in [9.17, 15) is 14.0 Å². The zero-order chi connectivity index (χ0) is 19.8. The Kier molecular flexibility index (Phi) is 8.18. The molecule has 2 rings (SSSR count). The number of hydrogen-bond acceptors (Lipinski definition) is 4. The Labute approximate surface area is 163 Å². The second-order valence-corrected chi connectivity index (χ2v) is 7.54. The Bertz CT molecular complexity index is 653. The summed E-state index contributed by atoms with van der Waals surface area (Å²) in [6.07, 6.45) is 2.51. The molecule has 0 unspecified atom stereocenters. The molecule has 3 amide bonds. The SMILES string of the molecule is COc1ccc(F)cc1C[NH+]1CCN(C(=O)[C@@H](CCSC)NC(N)=O)CC1. The van der Waals surface area contributed by atoms with Crippen LogP contribution in [0.1, 0.15) is 12.0 Å². The van der Waals surface area contributed by atoms with Gasteiger partial charge in [0, 0.05) is 0 Å². The third kappa shape index (κ3) is 6.28. The van der Waals surface area contributed by atoms with Gasteiger partial charge in [-0.15, -0.1) is 0 Å². The summed E-state index contributed by atoms with van der Waals surface area (Å²) in [7, 11) is 1.57. The second-order valence-electron chi connectivity index (χ2n) is 6.55. The van der Waals surface area contributed by atoms with Gasteiger partial charge in [-0.1, -0.05) is 0 Å². The highest BCUT2D eigenvalue weighted by molar-refractivity contribution is 7.98. The zero-order valence-corrected chi connectivity index (χ0v) is 16.6. The number of piperazine rings is 1. The molecule has 1 aliphatic heterocycles. The van der Waals surface area contributed by atoms with Crippen molar-refractivity contribution < 1.29 is 23.6 Å². The van der Waals surface area contributed by atoms with E-state index < -0.39 is 12.1 Å². The molecule has 9 heteroatoms. The minimum absolute atomic E-state index is 0.0924. The van der Waals surface area contributed by atoms with E-state index in [-0.39, 0.29) is 11.7 Å². The molecule has 1 atom stereocenters. The van der Waals surface area contributed by atoms with Crippen LogP contribution >= 0.6 is 11.8 Å². The van der Waals surface area contributed by atoms with Crippen LogP contribution in [-0.4, -0.2) is 68.2 Å². The predicted molar refractivity (Wildman–Crippen MR) is 103 cm³/mol. The minimum Gasteiger partial charge on any atom is -0.496 e.